The average Bonchev–Trinajstić information content (AvgIpc) is 3.24. The number of nitrogens with one attached hydrogen (secondary N) is 1. The lowest BCUT2D eigenvalue weighted by Crippen LogP contribution is -2.41. The van der Waals surface area contributed by atoms with Crippen molar-refractivity contribution in [3.63, 3.8) is 0 Å². The largest absolute Gasteiger partial charge is 0.508 e. The van der Waals surface area contributed by atoms with E-state index in [2.05, 4.69) is 62.2 Å². The summed E-state index contributed by atoms with van der Waals surface area (Å²) in [5.74, 6) is 1.04. The van der Waals surface area contributed by atoms with Gasteiger partial charge in [-0.25, -0.2) is 0 Å². The molecule has 2 aliphatic rings. The van der Waals surface area contributed by atoms with E-state index in [1.54, 1.807) is 0 Å². The van der Waals surface area contributed by atoms with Crippen LogP contribution in [0.4, 0.5) is 0 Å². The maximum atomic E-state index is 9.61. The predicted molar refractivity (Wildman–Crippen MR) is 113 cm³/mol. The Kier molecular flexibility index (Phi) is 4.49. The van der Waals surface area contributed by atoms with Crippen molar-refractivity contribution >= 4 is 26.8 Å². The Hall–Kier alpha value is -1.78. The second-order valence-corrected chi connectivity index (χ2v) is 8.94. The van der Waals surface area contributed by atoms with E-state index in [1.807, 2.05) is 12.1 Å². The van der Waals surface area contributed by atoms with Crippen molar-refractivity contribution in [3.05, 3.63) is 64.3 Å². The number of phenolic OH excluding ortho intramolecular Hbond substituents is 1. The molecule has 140 valence electrons. The molecule has 0 aliphatic carbocycles. The SMILES string of the molecule is Oc1ccc(C2CCC3CCC(Cc4c(Br)[nH]c5ccccc45)CN32)cc1. The van der Waals surface area contributed by atoms with Crippen LogP contribution < -0.4 is 0 Å². The van der Waals surface area contributed by atoms with E-state index in [9.17, 15) is 5.11 Å². The van der Waals surface area contributed by atoms with Gasteiger partial charge in [-0.2, -0.15) is 0 Å². The molecule has 0 radical (unpaired) electrons. The average molecular weight is 425 g/mol. The van der Waals surface area contributed by atoms with Crippen LogP contribution >= 0.6 is 15.9 Å². The Labute approximate surface area is 168 Å². The van der Waals surface area contributed by atoms with E-state index in [4.69, 9.17) is 0 Å². The third kappa shape index (κ3) is 3.19. The van der Waals surface area contributed by atoms with E-state index in [0.717, 1.165) is 17.1 Å². The minimum atomic E-state index is 0.356. The number of piperidine rings is 1. The van der Waals surface area contributed by atoms with Crippen LogP contribution in [0.15, 0.2) is 53.1 Å². The Balaban J connectivity index is 1.37. The van der Waals surface area contributed by atoms with Crippen molar-refractivity contribution in [1.82, 2.24) is 9.88 Å². The summed E-state index contributed by atoms with van der Waals surface area (Å²) in [6, 6.07) is 17.7. The van der Waals surface area contributed by atoms with Crippen molar-refractivity contribution in [2.24, 2.45) is 5.92 Å². The number of aromatic nitrogens is 1. The van der Waals surface area contributed by atoms with Crippen LogP contribution in [0.25, 0.3) is 10.9 Å². The highest BCUT2D eigenvalue weighted by molar-refractivity contribution is 9.10. The summed E-state index contributed by atoms with van der Waals surface area (Å²) < 4.78 is 1.14. The molecule has 27 heavy (non-hydrogen) atoms. The minimum absolute atomic E-state index is 0.356. The van der Waals surface area contributed by atoms with E-state index >= 15 is 0 Å². The molecule has 5 rings (SSSR count). The van der Waals surface area contributed by atoms with Gasteiger partial charge in [-0.3, -0.25) is 4.90 Å². The van der Waals surface area contributed by atoms with Gasteiger partial charge in [0, 0.05) is 29.5 Å². The third-order valence-corrected chi connectivity index (χ3v) is 7.23. The van der Waals surface area contributed by atoms with Gasteiger partial charge in [0.05, 0.1) is 4.60 Å². The van der Waals surface area contributed by atoms with Gasteiger partial charge < -0.3 is 10.1 Å². The Morgan fingerprint density at radius 1 is 1.00 bits per heavy atom. The first-order valence-electron chi connectivity index (χ1n) is 9.99. The molecule has 3 aromatic rings. The van der Waals surface area contributed by atoms with Crippen LogP contribution in [0.1, 0.15) is 42.9 Å². The molecule has 3 atom stereocenters. The standard InChI is InChI=1S/C23H25BrN2O/c24-23-20(19-3-1-2-4-21(19)25-23)13-15-5-8-17-9-12-22(26(17)14-15)16-6-10-18(27)11-7-16/h1-4,6-7,10-11,15,17,22,25,27H,5,8-9,12-14H2. The summed E-state index contributed by atoms with van der Waals surface area (Å²) in [6.07, 6.45) is 6.28. The summed E-state index contributed by atoms with van der Waals surface area (Å²) in [6.45, 7) is 1.17. The number of H-pyrrole nitrogens is 1. The molecule has 0 saturated carbocycles. The second kappa shape index (κ2) is 6.99. The molecule has 3 nitrogen and oxygen atoms in total. The molecule has 4 heteroatoms. The summed E-state index contributed by atoms with van der Waals surface area (Å²) in [5.41, 5.74) is 4.00. The first-order valence-corrected chi connectivity index (χ1v) is 10.8. The molecule has 0 spiro atoms. The smallest absolute Gasteiger partial charge is 0.115 e. The molecule has 2 saturated heterocycles. The van der Waals surface area contributed by atoms with Gasteiger partial charge in [-0.15, -0.1) is 0 Å². The number of hydrogen-bond donors (Lipinski definition) is 2. The number of rotatable bonds is 3. The second-order valence-electron chi connectivity index (χ2n) is 8.15. The first-order chi connectivity index (χ1) is 13.2. The summed E-state index contributed by atoms with van der Waals surface area (Å²) >= 11 is 3.76. The zero-order valence-corrected chi connectivity index (χ0v) is 17.0. The number of fused-ring (bicyclic) bond motifs is 2. The van der Waals surface area contributed by atoms with Crippen molar-refractivity contribution in [2.45, 2.75) is 44.2 Å². The van der Waals surface area contributed by atoms with Crippen molar-refractivity contribution in [2.75, 3.05) is 6.54 Å². The Morgan fingerprint density at radius 2 is 1.78 bits per heavy atom. The van der Waals surface area contributed by atoms with E-state index in [1.165, 1.54) is 54.3 Å². The molecule has 3 heterocycles. The van der Waals surface area contributed by atoms with Gasteiger partial charge in [-0.1, -0.05) is 30.3 Å². The first kappa shape index (κ1) is 17.3. The number of halogens is 1. The highest BCUT2D eigenvalue weighted by atomic mass is 79.9. The topological polar surface area (TPSA) is 39.3 Å². The van der Waals surface area contributed by atoms with Gasteiger partial charge in [0.2, 0.25) is 0 Å². The van der Waals surface area contributed by atoms with Crippen molar-refractivity contribution in [1.29, 1.82) is 0 Å². The molecule has 3 unspecified atom stereocenters. The maximum Gasteiger partial charge on any atom is 0.115 e. The molecule has 2 N–H and O–H groups in total. The quantitative estimate of drug-likeness (QED) is 0.557. The van der Waals surface area contributed by atoms with Crippen LogP contribution in [0.5, 0.6) is 5.75 Å². The lowest BCUT2D eigenvalue weighted by molar-refractivity contribution is 0.108. The van der Waals surface area contributed by atoms with Gasteiger partial charge in [0.1, 0.15) is 5.75 Å². The van der Waals surface area contributed by atoms with Gasteiger partial charge >= 0.3 is 0 Å². The fourth-order valence-electron chi connectivity index (χ4n) is 5.22. The highest BCUT2D eigenvalue weighted by Gasteiger charge is 2.38. The zero-order valence-electron chi connectivity index (χ0n) is 15.4. The zero-order chi connectivity index (χ0) is 18.4. The molecular formula is C23H25BrN2O. The normalized spacial score (nSPS) is 25.7. The number of aromatic amines is 1. The van der Waals surface area contributed by atoms with Crippen LogP contribution in [0, 0.1) is 5.92 Å². The third-order valence-electron chi connectivity index (χ3n) is 6.55. The van der Waals surface area contributed by atoms with Crippen molar-refractivity contribution < 1.29 is 5.11 Å². The number of benzene rings is 2. The molecule has 2 aromatic carbocycles. The highest BCUT2D eigenvalue weighted by Crippen LogP contribution is 2.43. The van der Waals surface area contributed by atoms with E-state index < -0.39 is 0 Å². The van der Waals surface area contributed by atoms with Crippen molar-refractivity contribution in [3.8, 4) is 5.75 Å². The molecular weight excluding hydrogens is 400 g/mol. The number of hydrogen-bond acceptors (Lipinski definition) is 2. The summed E-state index contributed by atoms with van der Waals surface area (Å²) in [7, 11) is 0. The molecule has 2 aliphatic heterocycles. The fourth-order valence-corrected chi connectivity index (χ4v) is 5.81. The van der Waals surface area contributed by atoms with Crippen LogP contribution in [0.3, 0.4) is 0 Å². The summed E-state index contributed by atoms with van der Waals surface area (Å²) in [5, 5.41) is 11.0. The van der Waals surface area contributed by atoms with Crippen LogP contribution in [0.2, 0.25) is 0 Å². The Morgan fingerprint density at radius 3 is 2.63 bits per heavy atom. The predicted octanol–water partition coefficient (Wildman–Crippen LogP) is 5.79. The molecule has 0 bridgehead atoms. The number of nitrogens with zero attached hydrogens (tertiary/aromatic N) is 1. The lowest BCUT2D eigenvalue weighted by atomic mass is 9.88. The van der Waals surface area contributed by atoms with Crippen LogP contribution in [-0.2, 0) is 6.42 Å². The van der Waals surface area contributed by atoms with Gasteiger partial charge in [-0.05, 0) is 83.3 Å². The Bertz CT molecular complexity index is 949. The number of phenols is 1. The lowest BCUT2D eigenvalue weighted by Gasteiger charge is -2.38. The van der Waals surface area contributed by atoms with E-state index in [0.29, 0.717) is 17.7 Å². The minimum Gasteiger partial charge on any atom is -0.508 e. The monoisotopic (exact) mass is 424 g/mol. The number of aromatic hydroxyl groups is 1. The maximum absolute atomic E-state index is 9.61. The van der Waals surface area contributed by atoms with Crippen LogP contribution in [-0.4, -0.2) is 27.6 Å². The molecule has 2 fully saturated rings. The fraction of sp³-hybridized carbons (Fsp3) is 0.391. The molecule has 0 amide bonds. The number of para-hydroxylation sites is 1. The molecule has 1 aromatic heterocycles. The van der Waals surface area contributed by atoms with E-state index in [-0.39, 0.29) is 0 Å². The van der Waals surface area contributed by atoms with Gasteiger partial charge in [0.25, 0.3) is 0 Å². The summed E-state index contributed by atoms with van der Waals surface area (Å²) in [4.78, 5) is 6.22. The van der Waals surface area contributed by atoms with Gasteiger partial charge in [0.15, 0.2) is 0 Å².